The minimum atomic E-state index is -0.475. The number of carbonyl (C=O) groups excluding carboxylic acids is 1. The van der Waals surface area contributed by atoms with Crippen LogP contribution in [-0.2, 0) is 0 Å². The highest BCUT2D eigenvalue weighted by Gasteiger charge is 2.11. The molecule has 0 fully saturated rings. The van der Waals surface area contributed by atoms with Crippen molar-refractivity contribution in [3.05, 3.63) is 53.8 Å². The molecule has 0 saturated heterocycles. The van der Waals surface area contributed by atoms with Crippen LogP contribution in [0.15, 0.2) is 42.5 Å². The molecule has 0 aliphatic rings. The number of hydrogen-bond acceptors (Lipinski definition) is 3. The van der Waals surface area contributed by atoms with E-state index in [1.165, 1.54) is 12.1 Å². The van der Waals surface area contributed by atoms with Crippen LogP contribution in [-0.4, -0.2) is 12.5 Å². The fourth-order valence-electron chi connectivity index (χ4n) is 1.77. The van der Waals surface area contributed by atoms with Gasteiger partial charge in [-0.25, -0.2) is 4.39 Å². The van der Waals surface area contributed by atoms with Crippen LogP contribution >= 0.6 is 0 Å². The van der Waals surface area contributed by atoms with E-state index in [4.69, 9.17) is 10.5 Å². The number of benzene rings is 2. The predicted molar refractivity (Wildman–Crippen MR) is 76.4 cm³/mol. The lowest BCUT2D eigenvalue weighted by Crippen LogP contribution is -2.14. The van der Waals surface area contributed by atoms with Gasteiger partial charge in [0.05, 0.1) is 12.2 Å². The second kappa shape index (κ2) is 6.06. The van der Waals surface area contributed by atoms with Gasteiger partial charge in [-0.2, -0.15) is 0 Å². The van der Waals surface area contributed by atoms with Crippen molar-refractivity contribution in [2.75, 3.05) is 17.7 Å². The molecule has 0 unspecified atom stereocenters. The van der Waals surface area contributed by atoms with E-state index in [9.17, 15) is 9.18 Å². The summed E-state index contributed by atoms with van der Waals surface area (Å²) in [4.78, 5) is 12.1. The Kier molecular flexibility index (Phi) is 4.20. The minimum Gasteiger partial charge on any atom is -0.494 e. The molecule has 0 bridgehead atoms. The molecule has 0 aliphatic heterocycles. The fourth-order valence-corrected chi connectivity index (χ4v) is 1.77. The lowest BCUT2D eigenvalue weighted by atomic mass is 10.1. The third-order valence-electron chi connectivity index (χ3n) is 2.66. The molecule has 3 N–H and O–H groups in total. The van der Waals surface area contributed by atoms with Crippen molar-refractivity contribution in [3.63, 3.8) is 0 Å². The van der Waals surface area contributed by atoms with Gasteiger partial charge in [-0.05, 0) is 37.3 Å². The number of rotatable bonds is 4. The van der Waals surface area contributed by atoms with E-state index in [1.54, 1.807) is 24.3 Å². The molecule has 0 aliphatic carbocycles. The Balaban J connectivity index is 2.17. The number of nitrogens with two attached hydrogens (primary N) is 1. The molecular formula is C15H15FN2O2. The molecule has 2 aromatic rings. The number of anilines is 2. The zero-order valence-electron chi connectivity index (χ0n) is 11.0. The number of hydrogen-bond donors (Lipinski definition) is 2. The van der Waals surface area contributed by atoms with E-state index in [0.717, 1.165) is 6.07 Å². The molecule has 0 saturated carbocycles. The van der Waals surface area contributed by atoms with E-state index in [2.05, 4.69) is 5.32 Å². The molecule has 20 heavy (non-hydrogen) atoms. The lowest BCUT2D eigenvalue weighted by molar-refractivity contribution is 0.102. The van der Waals surface area contributed by atoms with Gasteiger partial charge in [0.2, 0.25) is 0 Å². The van der Waals surface area contributed by atoms with Crippen molar-refractivity contribution >= 4 is 17.3 Å². The molecular weight excluding hydrogens is 259 g/mol. The molecule has 1 amide bonds. The van der Waals surface area contributed by atoms with Crippen molar-refractivity contribution in [2.24, 2.45) is 0 Å². The highest BCUT2D eigenvalue weighted by molar-refractivity contribution is 6.07. The zero-order valence-corrected chi connectivity index (χ0v) is 11.0. The first-order valence-corrected chi connectivity index (χ1v) is 6.19. The number of nitrogen functional groups attached to an aromatic ring is 1. The largest absolute Gasteiger partial charge is 0.494 e. The average Bonchev–Trinajstić information content (AvgIpc) is 2.39. The Labute approximate surface area is 116 Å². The molecule has 5 heteroatoms. The summed E-state index contributed by atoms with van der Waals surface area (Å²) in [6, 6.07) is 10.7. The highest BCUT2D eigenvalue weighted by Crippen LogP contribution is 2.20. The Morgan fingerprint density at radius 3 is 2.80 bits per heavy atom. The standard InChI is InChI=1S/C15H15FN2O2/c1-2-20-12-5-3-4-11(9-12)18-15(19)13-7-6-10(16)8-14(13)17/h3-9H,2,17H2,1H3,(H,18,19). The van der Waals surface area contributed by atoms with E-state index in [0.29, 0.717) is 18.0 Å². The molecule has 0 radical (unpaired) electrons. The van der Waals surface area contributed by atoms with Crippen molar-refractivity contribution in [3.8, 4) is 5.75 Å². The highest BCUT2D eigenvalue weighted by atomic mass is 19.1. The van der Waals surface area contributed by atoms with E-state index >= 15 is 0 Å². The molecule has 2 aromatic carbocycles. The predicted octanol–water partition coefficient (Wildman–Crippen LogP) is 3.06. The summed E-state index contributed by atoms with van der Waals surface area (Å²) in [7, 11) is 0. The number of halogens is 1. The van der Waals surface area contributed by atoms with Gasteiger partial charge in [-0.3, -0.25) is 4.79 Å². The third kappa shape index (κ3) is 3.26. The van der Waals surface area contributed by atoms with Crippen LogP contribution in [0.25, 0.3) is 0 Å². The molecule has 4 nitrogen and oxygen atoms in total. The topological polar surface area (TPSA) is 64.3 Å². The van der Waals surface area contributed by atoms with Crippen LogP contribution in [0.5, 0.6) is 5.75 Å². The van der Waals surface area contributed by atoms with Gasteiger partial charge in [0.25, 0.3) is 5.91 Å². The van der Waals surface area contributed by atoms with Crippen molar-refractivity contribution in [1.82, 2.24) is 0 Å². The lowest BCUT2D eigenvalue weighted by Gasteiger charge is -2.09. The van der Waals surface area contributed by atoms with Crippen molar-refractivity contribution in [2.45, 2.75) is 6.92 Å². The zero-order chi connectivity index (χ0) is 14.5. The van der Waals surface area contributed by atoms with E-state index < -0.39 is 11.7 Å². The van der Waals surface area contributed by atoms with Crippen LogP contribution in [0.2, 0.25) is 0 Å². The van der Waals surface area contributed by atoms with Crippen LogP contribution in [0.1, 0.15) is 17.3 Å². The summed E-state index contributed by atoms with van der Waals surface area (Å²) in [6.45, 7) is 2.42. The van der Waals surface area contributed by atoms with Gasteiger partial charge >= 0.3 is 0 Å². The molecule has 0 aromatic heterocycles. The molecule has 0 atom stereocenters. The summed E-state index contributed by atoms with van der Waals surface area (Å²) in [5, 5.41) is 2.70. The maximum Gasteiger partial charge on any atom is 0.257 e. The van der Waals surface area contributed by atoms with Gasteiger partial charge in [0.15, 0.2) is 0 Å². The maximum atomic E-state index is 12.9. The first-order chi connectivity index (χ1) is 9.60. The molecule has 104 valence electrons. The number of amides is 1. The van der Waals surface area contributed by atoms with Crippen molar-refractivity contribution in [1.29, 1.82) is 0 Å². The fraction of sp³-hybridized carbons (Fsp3) is 0.133. The molecule has 0 spiro atoms. The van der Waals surface area contributed by atoms with E-state index in [-0.39, 0.29) is 11.3 Å². The Morgan fingerprint density at radius 1 is 1.30 bits per heavy atom. The van der Waals surface area contributed by atoms with Gasteiger partial charge < -0.3 is 15.8 Å². The third-order valence-corrected chi connectivity index (χ3v) is 2.66. The number of carbonyl (C=O) groups is 1. The molecule has 0 heterocycles. The number of ether oxygens (including phenoxy) is 1. The van der Waals surface area contributed by atoms with Crippen LogP contribution in [0.3, 0.4) is 0 Å². The second-order valence-corrected chi connectivity index (χ2v) is 4.15. The first kappa shape index (κ1) is 13.9. The average molecular weight is 274 g/mol. The van der Waals surface area contributed by atoms with Crippen LogP contribution in [0.4, 0.5) is 15.8 Å². The monoisotopic (exact) mass is 274 g/mol. The number of nitrogens with one attached hydrogen (secondary N) is 1. The Bertz CT molecular complexity index is 629. The quantitative estimate of drug-likeness (QED) is 0.842. The smallest absolute Gasteiger partial charge is 0.257 e. The summed E-state index contributed by atoms with van der Waals surface area (Å²) >= 11 is 0. The van der Waals surface area contributed by atoms with E-state index in [1.807, 2.05) is 6.92 Å². The molecule has 2 rings (SSSR count). The summed E-state index contributed by atoms with van der Waals surface area (Å²) in [6.07, 6.45) is 0. The normalized spacial score (nSPS) is 10.1. The van der Waals surface area contributed by atoms with Gasteiger partial charge in [-0.1, -0.05) is 6.07 Å². The van der Waals surface area contributed by atoms with Gasteiger partial charge in [0, 0.05) is 17.4 Å². The SMILES string of the molecule is CCOc1cccc(NC(=O)c2ccc(F)cc2N)c1. The van der Waals surface area contributed by atoms with Gasteiger partial charge in [-0.15, -0.1) is 0 Å². The Morgan fingerprint density at radius 2 is 2.10 bits per heavy atom. The summed E-state index contributed by atoms with van der Waals surface area (Å²) in [5.41, 5.74) is 6.55. The second-order valence-electron chi connectivity index (χ2n) is 4.15. The first-order valence-electron chi connectivity index (χ1n) is 6.19. The minimum absolute atomic E-state index is 0.100. The van der Waals surface area contributed by atoms with Gasteiger partial charge in [0.1, 0.15) is 11.6 Å². The summed E-state index contributed by atoms with van der Waals surface area (Å²) in [5.74, 6) is -0.203. The Hall–Kier alpha value is -2.56. The maximum absolute atomic E-state index is 12.9. The summed E-state index contributed by atoms with van der Waals surface area (Å²) < 4.78 is 18.3. The van der Waals surface area contributed by atoms with Crippen LogP contribution < -0.4 is 15.8 Å². The van der Waals surface area contributed by atoms with Crippen LogP contribution in [0, 0.1) is 5.82 Å². The van der Waals surface area contributed by atoms with Crippen molar-refractivity contribution < 1.29 is 13.9 Å².